The molecule has 38 heavy (non-hydrogen) atoms. The number of thiazole rings is 1. The SMILES string of the molecule is COc1ccc([C@H](c2sc3nc(C)nn3c2O)N2CCN(C(c3ccccc3)c3ccccc3)CC2)cc1. The Labute approximate surface area is 226 Å². The van der Waals surface area contributed by atoms with E-state index in [0.717, 1.165) is 42.4 Å². The molecule has 0 spiro atoms. The van der Waals surface area contributed by atoms with E-state index in [1.54, 1.807) is 11.6 Å². The monoisotopic (exact) mass is 525 g/mol. The van der Waals surface area contributed by atoms with Gasteiger partial charge in [0, 0.05) is 26.2 Å². The first-order valence-corrected chi connectivity index (χ1v) is 13.7. The Kier molecular flexibility index (Phi) is 6.84. The fraction of sp³-hybridized carbons (Fsp3) is 0.267. The average Bonchev–Trinajstić information content (AvgIpc) is 3.48. The van der Waals surface area contributed by atoms with Gasteiger partial charge < -0.3 is 9.84 Å². The van der Waals surface area contributed by atoms with Crippen molar-refractivity contribution in [1.82, 2.24) is 24.4 Å². The Bertz CT molecular complexity index is 1450. The molecule has 0 aliphatic carbocycles. The van der Waals surface area contributed by atoms with Gasteiger partial charge in [-0.15, -0.1) is 5.10 Å². The number of ether oxygens (including phenoxy) is 1. The Morgan fingerprint density at radius 3 is 1.82 bits per heavy atom. The van der Waals surface area contributed by atoms with Crippen LogP contribution in [0.5, 0.6) is 11.6 Å². The highest BCUT2D eigenvalue weighted by Gasteiger charge is 2.34. The maximum absolute atomic E-state index is 11.2. The average molecular weight is 526 g/mol. The van der Waals surface area contributed by atoms with Crippen molar-refractivity contribution in [3.8, 4) is 11.6 Å². The number of hydrogen-bond donors (Lipinski definition) is 1. The molecule has 1 saturated heterocycles. The number of aromatic nitrogens is 3. The molecule has 7 nitrogen and oxygen atoms in total. The predicted octanol–water partition coefficient (Wildman–Crippen LogP) is 5.31. The molecular formula is C30H31N5O2S. The number of rotatable bonds is 7. The Morgan fingerprint density at radius 2 is 1.29 bits per heavy atom. The first-order valence-electron chi connectivity index (χ1n) is 12.9. The van der Waals surface area contributed by atoms with Crippen LogP contribution in [0.15, 0.2) is 84.9 Å². The molecule has 1 aliphatic rings. The van der Waals surface area contributed by atoms with Crippen molar-refractivity contribution in [2.45, 2.75) is 19.0 Å². The van der Waals surface area contributed by atoms with Gasteiger partial charge in [0.05, 0.1) is 24.1 Å². The maximum atomic E-state index is 11.2. The summed E-state index contributed by atoms with van der Waals surface area (Å²) < 4.78 is 6.96. The van der Waals surface area contributed by atoms with Crippen molar-refractivity contribution >= 4 is 16.3 Å². The van der Waals surface area contributed by atoms with Crippen molar-refractivity contribution in [3.63, 3.8) is 0 Å². The summed E-state index contributed by atoms with van der Waals surface area (Å²) in [6.45, 7) is 5.37. The molecule has 3 heterocycles. The summed E-state index contributed by atoms with van der Waals surface area (Å²) in [5, 5.41) is 15.6. The minimum absolute atomic E-state index is 0.108. The number of methoxy groups -OCH3 is 1. The third-order valence-electron chi connectivity index (χ3n) is 7.30. The van der Waals surface area contributed by atoms with E-state index < -0.39 is 0 Å². The highest BCUT2D eigenvalue weighted by atomic mass is 32.1. The van der Waals surface area contributed by atoms with Crippen LogP contribution < -0.4 is 4.74 Å². The summed E-state index contributed by atoms with van der Waals surface area (Å²) in [4.78, 5) is 11.1. The van der Waals surface area contributed by atoms with Gasteiger partial charge in [-0.2, -0.15) is 4.52 Å². The highest BCUT2D eigenvalue weighted by molar-refractivity contribution is 7.17. The molecule has 2 aromatic heterocycles. The van der Waals surface area contributed by atoms with Crippen LogP contribution in [0.1, 0.15) is 39.5 Å². The van der Waals surface area contributed by atoms with E-state index in [9.17, 15) is 5.11 Å². The van der Waals surface area contributed by atoms with Gasteiger partial charge in [-0.25, -0.2) is 4.98 Å². The molecule has 1 aliphatic heterocycles. The van der Waals surface area contributed by atoms with Gasteiger partial charge in [-0.1, -0.05) is 84.1 Å². The van der Waals surface area contributed by atoms with Crippen LogP contribution in [0.3, 0.4) is 0 Å². The second kappa shape index (κ2) is 10.6. The van der Waals surface area contributed by atoms with Gasteiger partial charge in [0.15, 0.2) is 0 Å². The number of nitrogens with zero attached hydrogens (tertiary/aromatic N) is 5. The number of fused-ring (bicyclic) bond motifs is 1. The number of piperazine rings is 1. The van der Waals surface area contributed by atoms with E-state index in [4.69, 9.17) is 4.74 Å². The molecular weight excluding hydrogens is 494 g/mol. The zero-order valence-electron chi connectivity index (χ0n) is 21.6. The number of benzene rings is 3. The zero-order chi connectivity index (χ0) is 26.1. The van der Waals surface area contributed by atoms with Crippen LogP contribution in [-0.2, 0) is 0 Å². The molecule has 3 aromatic carbocycles. The third-order valence-corrected chi connectivity index (χ3v) is 8.37. The van der Waals surface area contributed by atoms with Crippen molar-refractivity contribution in [2.24, 2.45) is 0 Å². The van der Waals surface area contributed by atoms with Gasteiger partial charge in [0.1, 0.15) is 11.6 Å². The number of hydrogen-bond acceptors (Lipinski definition) is 7. The van der Waals surface area contributed by atoms with Crippen LogP contribution in [0.4, 0.5) is 0 Å². The lowest BCUT2D eigenvalue weighted by Gasteiger charge is -2.42. The third kappa shape index (κ3) is 4.67. The smallest absolute Gasteiger partial charge is 0.230 e. The summed E-state index contributed by atoms with van der Waals surface area (Å²) >= 11 is 1.50. The van der Waals surface area contributed by atoms with E-state index in [2.05, 4.69) is 92.7 Å². The van der Waals surface area contributed by atoms with Crippen molar-refractivity contribution in [3.05, 3.63) is 112 Å². The molecule has 6 rings (SSSR count). The van der Waals surface area contributed by atoms with Crippen molar-refractivity contribution < 1.29 is 9.84 Å². The van der Waals surface area contributed by atoms with Crippen LogP contribution >= 0.6 is 11.3 Å². The molecule has 1 N–H and O–H groups in total. The standard InChI is InChI=1S/C30H31N5O2S/c1-21-31-30-35(32-21)29(36)28(38-30)27(24-13-15-25(37-2)16-14-24)34-19-17-33(18-20-34)26(22-9-5-3-6-10-22)23-11-7-4-8-12-23/h3-16,26-27,36H,17-20H2,1-2H3/t27-/m1/s1. The molecule has 0 unspecified atom stereocenters. The molecule has 0 amide bonds. The minimum atomic E-state index is -0.108. The molecule has 5 aromatic rings. The normalized spacial score (nSPS) is 15.8. The molecule has 0 saturated carbocycles. The predicted molar refractivity (Wildman–Crippen MR) is 150 cm³/mol. The second-order valence-electron chi connectivity index (χ2n) is 9.61. The summed E-state index contributed by atoms with van der Waals surface area (Å²) in [6, 6.07) is 29.7. The van der Waals surface area contributed by atoms with E-state index >= 15 is 0 Å². The molecule has 1 fully saturated rings. The molecule has 0 bridgehead atoms. The Morgan fingerprint density at radius 1 is 0.763 bits per heavy atom. The van der Waals surface area contributed by atoms with Gasteiger partial charge in [-0.3, -0.25) is 9.80 Å². The van der Waals surface area contributed by atoms with Crippen LogP contribution in [-0.4, -0.2) is 62.8 Å². The summed E-state index contributed by atoms with van der Waals surface area (Å²) in [5.74, 6) is 1.63. The van der Waals surface area contributed by atoms with Gasteiger partial charge in [0.25, 0.3) is 0 Å². The quantitative estimate of drug-likeness (QED) is 0.311. The van der Waals surface area contributed by atoms with Gasteiger partial charge in [0.2, 0.25) is 10.8 Å². The second-order valence-corrected chi connectivity index (χ2v) is 10.6. The lowest BCUT2D eigenvalue weighted by Crippen LogP contribution is -2.49. The van der Waals surface area contributed by atoms with Crippen LogP contribution in [0.25, 0.3) is 4.96 Å². The molecule has 194 valence electrons. The van der Waals surface area contributed by atoms with E-state index in [1.165, 1.54) is 22.5 Å². The minimum Gasteiger partial charge on any atom is -0.497 e. The first kappa shape index (κ1) is 24.6. The summed E-state index contributed by atoms with van der Waals surface area (Å²) in [5.41, 5.74) is 3.72. The fourth-order valence-corrected chi connectivity index (χ4v) is 6.64. The van der Waals surface area contributed by atoms with E-state index in [0.29, 0.717) is 10.8 Å². The maximum Gasteiger partial charge on any atom is 0.230 e. The van der Waals surface area contributed by atoms with Crippen molar-refractivity contribution in [2.75, 3.05) is 33.3 Å². The number of aryl methyl sites for hydroxylation is 1. The van der Waals surface area contributed by atoms with Gasteiger partial charge in [-0.05, 0) is 35.7 Å². The molecule has 8 heteroatoms. The lowest BCUT2D eigenvalue weighted by atomic mass is 9.96. The molecule has 0 radical (unpaired) electrons. The Hall–Kier alpha value is -3.72. The summed E-state index contributed by atoms with van der Waals surface area (Å²) in [6.07, 6.45) is 0. The topological polar surface area (TPSA) is 66.1 Å². The van der Waals surface area contributed by atoms with Crippen molar-refractivity contribution in [1.29, 1.82) is 0 Å². The van der Waals surface area contributed by atoms with Crippen LogP contribution in [0, 0.1) is 6.92 Å². The summed E-state index contributed by atoms with van der Waals surface area (Å²) in [7, 11) is 1.68. The lowest BCUT2D eigenvalue weighted by molar-refractivity contribution is 0.0899. The number of aromatic hydroxyl groups is 1. The molecule has 1 atom stereocenters. The largest absolute Gasteiger partial charge is 0.497 e. The van der Waals surface area contributed by atoms with Gasteiger partial charge >= 0.3 is 0 Å². The van der Waals surface area contributed by atoms with E-state index in [-0.39, 0.29) is 18.0 Å². The van der Waals surface area contributed by atoms with Crippen LogP contribution in [0.2, 0.25) is 0 Å². The highest BCUT2D eigenvalue weighted by Crippen LogP contribution is 2.41. The fourth-order valence-electron chi connectivity index (χ4n) is 5.48. The Balaban J connectivity index is 1.32. The first-order chi connectivity index (χ1) is 18.6. The zero-order valence-corrected chi connectivity index (χ0v) is 22.4. The van der Waals surface area contributed by atoms with E-state index in [1.807, 2.05) is 19.1 Å².